The Morgan fingerprint density at radius 2 is 1.12 bits per heavy atom. The standard InChI is InChI=1S/C54H86O24/c1-49(2)14-16-54(48(70)78-46-39(66)35(62)32(59)26(74-46)21-71-44-37(64)33(60)30(57)24(19-55)72-44)17-15-52(6)22(23(54)18-49)8-9-28-51(5)12-11-29(50(3,4)27(51)10-13-53(28,52)7)75-47-40(67)36(63)41(42(77-47)43(68)69)76-45-38(65)34(61)31(58)25(20-56)73-45/h8,23-42,44-47,55-67H,9-21H2,1-7H3,(H,68,69)/t23-,24+,25+,26+,27-,28+,29-,30+,31+,32+,33-,34-,35-,36+,37+,38+,39+,40+,41-,42-,44+,45-,46-,47+,51-,52+,53+,54-/m0/s1. The van der Waals surface area contributed by atoms with Gasteiger partial charge in [0, 0.05) is 0 Å². The van der Waals surface area contributed by atoms with Gasteiger partial charge < -0.3 is 109 Å². The molecule has 78 heavy (non-hydrogen) atoms. The molecule has 28 atom stereocenters. The van der Waals surface area contributed by atoms with Crippen molar-refractivity contribution >= 4 is 11.9 Å². The topological polar surface area (TPSA) is 391 Å². The van der Waals surface area contributed by atoms with E-state index in [1.165, 1.54) is 5.57 Å². The summed E-state index contributed by atoms with van der Waals surface area (Å²) in [6.45, 7) is 13.6. The highest BCUT2D eigenvalue weighted by atomic mass is 16.8. The molecular weight excluding hydrogens is 1030 g/mol. The molecule has 4 heterocycles. The number of allylic oxidation sites excluding steroid dienone is 2. The zero-order valence-electron chi connectivity index (χ0n) is 45.5. The SMILES string of the molecule is CC1(C)CC[C@]2(C(=O)O[C@@H]3O[C@H](CO[C@@H]4O[C@H](CO)[C@@H](O)[C@H](O)[C@H]4O)[C@@H](O)[C@H](O)[C@H]3O)CC[C@]3(C)C(=CC[C@@H]4[C@@]5(C)CC[C@H](O[C@@H]6O[C@H](C(=O)O)[C@@H](O[C@@H]7O[C@H](CO)[C@@H](O)[C@H](O)[C@H]7O)[C@H](O)[C@H]6O)C(C)(C)[C@@H]5CC[C@]43C)[C@@H]2C1. The van der Waals surface area contributed by atoms with E-state index in [2.05, 4.69) is 54.5 Å². The van der Waals surface area contributed by atoms with E-state index in [1.807, 2.05) is 0 Å². The average Bonchev–Trinajstić information content (AvgIpc) is 3.58. The largest absolute Gasteiger partial charge is 0.479 e. The molecular formula is C54H86O24. The van der Waals surface area contributed by atoms with Crippen LogP contribution in [0.3, 0.4) is 0 Å². The number of hydrogen-bond acceptors (Lipinski definition) is 23. The van der Waals surface area contributed by atoms with Gasteiger partial charge in [0.25, 0.3) is 0 Å². The van der Waals surface area contributed by atoms with Crippen LogP contribution in [-0.2, 0) is 47.5 Å². The molecule has 0 bridgehead atoms. The highest BCUT2D eigenvalue weighted by Crippen LogP contribution is 2.76. The first-order valence-corrected chi connectivity index (χ1v) is 27.8. The molecule has 24 nitrogen and oxygen atoms in total. The van der Waals surface area contributed by atoms with E-state index in [1.54, 1.807) is 0 Å². The number of carboxylic acid groups (broad SMARTS) is 1. The van der Waals surface area contributed by atoms with Gasteiger partial charge in [-0.2, -0.15) is 0 Å². The van der Waals surface area contributed by atoms with Crippen LogP contribution in [0.15, 0.2) is 11.6 Å². The van der Waals surface area contributed by atoms with Crippen LogP contribution in [0.4, 0.5) is 0 Å². The van der Waals surface area contributed by atoms with Crippen molar-refractivity contribution in [3.63, 3.8) is 0 Å². The van der Waals surface area contributed by atoms with E-state index in [-0.39, 0.29) is 39.4 Å². The van der Waals surface area contributed by atoms with Crippen molar-refractivity contribution in [3.8, 4) is 0 Å². The Morgan fingerprint density at radius 1 is 0.577 bits per heavy atom. The summed E-state index contributed by atoms with van der Waals surface area (Å²) in [7, 11) is 0. The molecule has 24 heteroatoms. The number of rotatable bonds is 12. The number of carbonyl (C=O) groups is 2. The van der Waals surface area contributed by atoms with Gasteiger partial charge >= 0.3 is 11.9 Å². The van der Waals surface area contributed by atoms with Crippen LogP contribution < -0.4 is 0 Å². The number of aliphatic hydroxyl groups excluding tert-OH is 13. The molecule has 4 aliphatic heterocycles. The highest BCUT2D eigenvalue weighted by molar-refractivity contribution is 5.79. The van der Waals surface area contributed by atoms with Crippen molar-refractivity contribution in [1.29, 1.82) is 0 Å². The molecule has 14 N–H and O–H groups in total. The van der Waals surface area contributed by atoms with Crippen LogP contribution in [-0.4, -0.2) is 232 Å². The van der Waals surface area contributed by atoms with Crippen molar-refractivity contribution in [1.82, 2.24) is 0 Å². The summed E-state index contributed by atoms with van der Waals surface area (Å²) in [5.41, 5.74) is -1.42. The normalized spacial score (nSPS) is 52.8. The molecule has 0 unspecified atom stereocenters. The molecule has 0 amide bonds. The number of esters is 1. The molecule has 0 aromatic rings. The van der Waals surface area contributed by atoms with Gasteiger partial charge in [0.1, 0.15) is 91.6 Å². The Hall–Kier alpha value is -2.12. The minimum absolute atomic E-state index is 0.0667. The Kier molecular flexibility index (Phi) is 16.9. The van der Waals surface area contributed by atoms with Gasteiger partial charge in [0.15, 0.2) is 25.0 Å². The molecule has 0 spiro atoms. The smallest absolute Gasteiger partial charge is 0.335 e. The molecule has 4 saturated carbocycles. The monoisotopic (exact) mass is 1120 g/mol. The van der Waals surface area contributed by atoms with Gasteiger partial charge in [-0.25, -0.2) is 4.79 Å². The third-order valence-corrected chi connectivity index (χ3v) is 21.4. The maximum absolute atomic E-state index is 15.1. The summed E-state index contributed by atoms with van der Waals surface area (Å²) in [4.78, 5) is 27.7. The van der Waals surface area contributed by atoms with Gasteiger partial charge in [-0.05, 0) is 109 Å². The summed E-state index contributed by atoms with van der Waals surface area (Å²) in [6.07, 6.45) is -26.1. The molecule has 0 aromatic carbocycles. The Bertz CT molecular complexity index is 2190. The van der Waals surface area contributed by atoms with Gasteiger partial charge in [-0.3, -0.25) is 4.79 Å². The van der Waals surface area contributed by atoms with Gasteiger partial charge in [0.2, 0.25) is 6.29 Å². The molecule has 0 aromatic heterocycles. The van der Waals surface area contributed by atoms with Crippen LogP contribution in [0, 0.1) is 50.2 Å². The van der Waals surface area contributed by atoms with Crippen LogP contribution >= 0.6 is 0 Å². The van der Waals surface area contributed by atoms with Crippen LogP contribution in [0.5, 0.6) is 0 Å². The number of hydrogen-bond donors (Lipinski definition) is 14. The first-order valence-electron chi connectivity index (χ1n) is 27.8. The lowest BCUT2D eigenvalue weighted by atomic mass is 9.33. The first kappa shape index (κ1) is 60.5. The van der Waals surface area contributed by atoms with E-state index in [0.29, 0.717) is 44.9 Å². The second-order valence-corrected chi connectivity index (χ2v) is 26.3. The Labute approximate surface area is 453 Å². The van der Waals surface area contributed by atoms with Crippen molar-refractivity contribution in [2.24, 2.45) is 50.2 Å². The Morgan fingerprint density at radius 3 is 1.73 bits per heavy atom. The number of aliphatic hydroxyl groups is 13. The lowest BCUT2D eigenvalue weighted by molar-refractivity contribution is -0.363. The quantitative estimate of drug-likeness (QED) is 0.0574. The Balaban J connectivity index is 0.905. The van der Waals surface area contributed by atoms with E-state index in [9.17, 15) is 76.3 Å². The molecule has 0 radical (unpaired) electrons. The summed E-state index contributed by atoms with van der Waals surface area (Å²) >= 11 is 0. The van der Waals surface area contributed by atoms with E-state index >= 15 is 4.79 Å². The lowest BCUT2D eigenvalue weighted by Crippen LogP contribution is -2.67. The van der Waals surface area contributed by atoms with Crippen molar-refractivity contribution in [2.45, 2.75) is 242 Å². The lowest BCUT2D eigenvalue weighted by Gasteiger charge is -2.71. The summed E-state index contributed by atoms with van der Waals surface area (Å²) in [5.74, 6) is -2.19. The van der Waals surface area contributed by atoms with Gasteiger partial charge in [-0.15, -0.1) is 0 Å². The number of aliphatic carboxylic acids is 1. The van der Waals surface area contributed by atoms with Crippen LogP contribution in [0.1, 0.15) is 113 Å². The van der Waals surface area contributed by atoms with Crippen molar-refractivity contribution < 1.29 is 119 Å². The zero-order valence-corrected chi connectivity index (χ0v) is 45.5. The molecule has 5 aliphatic carbocycles. The summed E-state index contributed by atoms with van der Waals surface area (Å²) in [5, 5.41) is 148. The maximum Gasteiger partial charge on any atom is 0.335 e. The average molecular weight is 1120 g/mol. The predicted molar refractivity (Wildman–Crippen MR) is 263 cm³/mol. The number of fused-ring (bicyclic) bond motifs is 7. The fraction of sp³-hybridized carbons (Fsp3) is 0.926. The fourth-order valence-corrected chi connectivity index (χ4v) is 16.4. The molecule has 9 rings (SSSR count). The fourth-order valence-electron chi connectivity index (χ4n) is 16.4. The van der Waals surface area contributed by atoms with E-state index in [4.69, 9.17) is 37.9 Å². The minimum Gasteiger partial charge on any atom is -0.479 e. The molecule has 4 saturated heterocycles. The van der Waals surface area contributed by atoms with Crippen molar-refractivity contribution in [3.05, 3.63) is 11.6 Å². The summed E-state index contributed by atoms with van der Waals surface area (Å²) in [6, 6.07) is 0. The third-order valence-electron chi connectivity index (χ3n) is 21.4. The molecule has 9 aliphatic rings. The van der Waals surface area contributed by atoms with Crippen LogP contribution in [0.25, 0.3) is 0 Å². The third kappa shape index (κ3) is 9.82. The molecule has 446 valence electrons. The maximum atomic E-state index is 15.1. The second-order valence-electron chi connectivity index (χ2n) is 26.3. The number of carbonyl (C=O) groups excluding carboxylic acids is 1. The van der Waals surface area contributed by atoms with Gasteiger partial charge in [0.05, 0.1) is 31.3 Å². The predicted octanol–water partition coefficient (Wildman–Crippen LogP) is -1.94. The number of carboxylic acids is 1. The van der Waals surface area contributed by atoms with Crippen LogP contribution in [0.2, 0.25) is 0 Å². The van der Waals surface area contributed by atoms with E-state index in [0.717, 1.165) is 19.3 Å². The number of ether oxygens (including phenoxy) is 8. The highest BCUT2D eigenvalue weighted by Gasteiger charge is 2.70. The molecule has 8 fully saturated rings. The zero-order chi connectivity index (χ0) is 57.1. The van der Waals surface area contributed by atoms with Gasteiger partial charge in [-0.1, -0.05) is 60.1 Å². The van der Waals surface area contributed by atoms with E-state index < -0.39 is 172 Å². The summed E-state index contributed by atoms with van der Waals surface area (Å²) < 4.78 is 46.6. The first-order chi connectivity index (χ1) is 36.4. The minimum atomic E-state index is -1.94. The second kappa shape index (κ2) is 21.8. The van der Waals surface area contributed by atoms with Crippen molar-refractivity contribution in [2.75, 3.05) is 19.8 Å².